The number of nitrogens with zero attached hydrogens (tertiary/aromatic N) is 1. The number of hydrogen-bond acceptors (Lipinski definition) is 5. The molecule has 0 atom stereocenters. The normalized spacial score (nSPS) is 11.7. The fraction of sp³-hybridized carbons (Fsp3) is 0.545. The summed E-state index contributed by atoms with van der Waals surface area (Å²) < 4.78 is 31.5. The van der Waals surface area contributed by atoms with Crippen LogP contribution < -0.4 is 4.72 Å². The Morgan fingerprint density at radius 2 is 2.22 bits per heavy atom. The van der Waals surface area contributed by atoms with E-state index in [4.69, 9.17) is 10.00 Å². The molecule has 1 N–H and O–H groups in total. The van der Waals surface area contributed by atoms with Gasteiger partial charge in [0.15, 0.2) is 0 Å². The van der Waals surface area contributed by atoms with Gasteiger partial charge in [0, 0.05) is 13.2 Å². The Labute approximate surface area is 111 Å². The lowest BCUT2D eigenvalue weighted by Crippen LogP contribution is -2.27. The van der Waals surface area contributed by atoms with Gasteiger partial charge in [0.2, 0.25) is 10.0 Å². The Morgan fingerprint density at radius 3 is 2.78 bits per heavy atom. The molecule has 18 heavy (non-hydrogen) atoms. The van der Waals surface area contributed by atoms with E-state index in [2.05, 4.69) is 4.72 Å². The van der Waals surface area contributed by atoms with Crippen LogP contribution in [0.4, 0.5) is 0 Å². The minimum Gasteiger partial charge on any atom is -0.380 e. The van der Waals surface area contributed by atoms with E-state index in [9.17, 15) is 8.42 Å². The third kappa shape index (κ3) is 4.74. The molecule has 0 aromatic carbocycles. The molecule has 5 nitrogen and oxygen atoms in total. The molecule has 0 saturated heterocycles. The van der Waals surface area contributed by atoms with Crippen molar-refractivity contribution in [2.24, 2.45) is 5.92 Å². The maximum Gasteiger partial charge on any atom is 0.250 e. The molecule has 7 heteroatoms. The van der Waals surface area contributed by atoms with E-state index in [1.54, 1.807) is 0 Å². The zero-order chi connectivity index (χ0) is 13.6. The van der Waals surface area contributed by atoms with Crippen LogP contribution in [0.1, 0.15) is 18.7 Å². The van der Waals surface area contributed by atoms with Gasteiger partial charge in [-0.3, -0.25) is 0 Å². The number of thiophene rings is 1. The van der Waals surface area contributed by atoms with E-state index in [-0.39, 0.29) is 10.8 Å². The van der Waals surface area contributed by atoms with Crippen molar-refractivity contribution in [3.8, 4) is 6.07 Å². The second-order valence-electron chi connectivity index (χ2n) is 4.10. The van der Waals surface area contributed by atoms with Crippen LogP contribution in [-0.4, -0.2) is 28.2 Å². The predicted molar refractivity (Wildman–Crippen MR) is 69.9 cm³/mol. The average Bonchev–Trinajstić information content (AvgIpc) is 2.77. The molecule has 1 aromatic heterocycles. The maximum absolute atomic E-state index is 11.8. The molecule has 0 aliphatic heterocycles. The zero-order valence-electron chi connectivity index (χ0n) is 10.3. The predicted octanol–water partition coefficient (Wildman–Crippen LogP) is 1.57. The highest BCUT2D eigenvalue weighted by atomic mass is 32.2. The van der Waals surface area contributed by atoms with E-state index in [0.29, 0.717) is 24.0 Å². The van der Waals surface area contributed by atoms with Crippen LogP contribution in [0.15, 0.2) is 16.3 Å². The van der Waals surface area contributed by atoms with E-state index in [0.717, 1.165) is 11.3 Å². The quantitative estimate of drug-likeness (QED) is 0.772. The van der Waals surface area contributed by atoms with E-state index >= 15 is 0 Å². The first kappa shape index (κ1) is 15.1. The van der Waals surface area contributed by atoms with Gasteiger partial charge in [0.05, 0.1) is 6.61 Å². The zero-order valence-corrected chi connectivity index (χ0v) is 12.0. The summed E-state index contributed by atoms with van der Waals surface area (Å²) in [7, 11) is -3.51. The smallest absolute Gasteiger partial charge is 0.250 e. The number of rotatable bonds is 7. The minimum absolute atomic E-state index is 0.155. The summed E-state index contributed by atoms with van der Waals surface area (Å²) in [6, 6.07) is 4.84. The van der Waals surface area contributed by atoms with Gasteiger partial charge in [-0.15, -0.1) is 11.3 Å². The van der Waals surface area contributed by atoms with Gasteiger partial charge < -0.3 is 4.74 Å². The van der Waals surface area contributed by atoms with Gasteiger partial charge in [-0.1, -0.05) is 13.8 Å². The number of nitrogens with one attached hydrogen (secondary N) is 1. The summed E-state index contributed by atoms with van der Waals surface area (Å²) in [5, 5.41) is 8.64. The van der Waals surface area contributed by atoms with E-state index < -0.39 is 10.0 Å². The van der Waals surface area contributed by atoms with Crippen LogP contribution in [0.25, 0.3) is 0 Å². The highest BCUT2D eigenvalue weighted by molar-refractivity contribution is 7.91. The van der Waals surface area contributed by atoms with Gasteiger partial charge in [-0.2, -0.15) is 5.26 Å². The Bertz CT molecular complexity index is 515. The Morgan fingerprint density at radius 1 is 1.50 bits per heavy atom. The average molecular weight is 288 g/mol. The Kier molecular flexibility index (Phi) is 5.75. The summed E-state index contributed by atoms with van der Waals surface area (Å²) in [6.45, 7) is 5.24. The molecule has 0 radical (unpaired) electrons. The lowest BCUT2D eigenvalue weighted by atomic mass is 10.2. The lowest BCUT2D eigenvalue weighted by Gasteiger charge is -2.07. The minimum atomic E-state index is -3.51. The molecule has 1 rings (SSSR count). The lowest BCUT2D eigenvalue weighted by molar-refractivity contribution is 0.114. The molecule has 1 heterocycles. The van der Waals surface area contributed by atoms with E-state index in [1.165, 1.54) is 12.1 Å². The number of hydrogen-bond donors (Lipinski definition) is 1. The van der Waals surface area contributed by atoms with Crippen molar-refractivity contribution in [3.05, 3.63) is 17.0 Å². The molecule has 0 fully saturated rings. The first-order chi connectivity index (χ1) is 8.45. The molecule has 0 aliphatic rings. The van der Waals surface area contributed by atoms with Gasteiger partial charge in [-0.25, -0.2) is 13.1 Å². The molecular weight excluding hydrogens is 272 g/mol. The molecule has 0 unspecified atom stereocenters. The molecule has 0 aliphatic carbocycles. The van der Waals surface area contributed by atoms with E-state index in [1.807, 2.05) is 19.9 Å². The van der Waals surface area contributed by atoms with Crippen molar-refractivity contribution in [2.75, 3.05) is 19.8 Å². The standard InChI is InChI=1S/C11H16N2O3S2/c1-9(2)8-16-6-5-13-18(14,15)11-4-3-10(7-12)17-11/h3-4,9,13H,5-6,8H2,1-2H3. The molecule has 1 aromatic rings. The third-order valence-electron chi connectivity index (χ3n) is 1.95. The van der Waals surface area contributed by atoms with Crippen molar-refractivity contribution >= 4 is 21.4 Å². The summed E-state index contributed by atoms with van der Waals surface area (Å²) in [4.78, 5) is 0.381. The number of sulfonamides is 1. The SMILES string of the molecule is CC(C)COCCNS(=O)(=O)c1ccc(C#N)s1. The summed E-state index contributed by atoms with van der Waals surface area (Å²) >= 11 is 0.956. The molecule has 0 bridgehead atoms. The first-order valence-electron chi connectivity index (χ1n) is 5.53. The van der Waals surface area contributed by atoms with Crippen LogP contribution in [0.3, 0.4) is 0 Å². The number of nitriles is 1. The molecule has 0 spiro atoms. The van der Waals surface area contributed by atoms with Crippen LogP contribution in [0.5, 0.6) is 0 Å². The summed E-state index contributed by atoms with van der Waals surface area (Å²) in [5.74, 6) is 0.428. The van der Waals surface area contributed by atoms with Crippen LogP contribution in [0, 0.1) is 17.2 Å². The third-order valence-corrected chi connectivity index (χ3v) is 4.89. The van der Waals surface area contributed by atoms with Crippen molar-refractivity contribution in [3.63, 3.8) is 0 Å². The van der Waals surface area contributed by atoms with Crippen molar-refractivity contribution in [2.45, 2.75) is 18.1 Å². The van der Waals surface area contributed by atoms with Crippen molar-refractivity contribution < 1.29 is 13.2 Å². The van der Waals surface area contributed by atoms with Gasteiger partial charge >= 0.3 is 0 Å². The van der Waals surface area contributed by atoms with Gasteiger partial charge in [0.1, 0.15) is 15.2 Å². The molecule has 0 saturated carbocycles. The van der Waals surface area contributed by atoms with Crippen LogP contribution in [0.2, 0.25) is 0 Å². The molecule has 0 amide bonds. The van der Waals surface area contributed by atoms with Crippen molar-refractivity contribution in [1.82, 2.24) is 4.72 Å². The Balaban J connectivity index is 2.43. The summed E-state index contributed by atoms with van der Waals surface area (Å²) in [5.41, 5.74) is 0. The summed E-state index contributed by atoms with van der Waals surface area (Å²) in [6.07, 6.45) is 0. The molecular formula is C11H16N2O3S2. The fourth-order valence-electron chi connectivity index (χ4n) is 1.16. The first-order valence-corrected chi connectivity index (χ1v) is 7.83. The van der Waals surface area contributed by atoms with Crippen molar-refractivity contribution in [1.29, 1.82) is 5.26 Å². The van der Waals surface area contributed by atoms with Crippen LogP contribution in [-0.2, 0) is 14.8 Å². The maximum atomic E-state index is 11.8. The second kappa shape index (κ2) is 6.85. The fourth-order valence-corrected chi connectivity index (χ4v) is 3.32. The monoisotopic (exact) mass is 288 g/mol. The molecule has 100 valence electrons. The van der Waals surface area contributed by atoms with Gasteiger partial charge in [0.25, 0.3) is 0 Å². The number of ether oxygens (including phenoxy) is 1. The largest absolute Gasteiger partial charge is 0.380 e. The van der Waals surface area contributed by atoms with Gasteiger partial charge in [-0.05, 0) is 18.1 Å². The van der Waals surface area contributed by atoms with Crippen LogP contribution >= 0.6 is 11.3 Å². The second-order valence-corrected chi connectivity index (χ2v) is 7.17. The highest BCUT2D eigenvalue weighted by Gasteiger charge is 2.15. The highest BCUT2D eigenvalue weighted by Crippen LogP contribution is 2.20. The Hall–Kier alpha value is -0.940. The topological polar surface area (TPSA) is 79.2 Å².